The lowest BCUT2D eigenvalue weighted by Gasteiger charge is -2.25. The summed E-state index contributed by atoms with van der Waals surface area (Å²) in [5.74, 6) is 0.411. The minimum absolute atomic E-state index is 0. The molecule has 82 valence electrons. The van der Waals surface area contributed by atoms with E-state index in [1.54, 1.807) is 0 Å². The molecule has 3 nitrogen and oxygen atoms in total. The van der Waals surface area contributed by atoms with Gasteiger partial charge in [-0.15, -0.1) is 0 Å². The van der Waals surface area contributed by atoms with E-state index < -0.39 is 0 Å². The molecule has 1 aliphatic rings. The molecule has 1 heterocycles. The first-order valence-electron chi connectivity index (χ1n) is 5.12. The van der Waals surface area contributed by atoms with E-state index in [0.29, 0.717) is 5.78 Å². The Balaban J connectivity index is 0.00000112. The Morgan fingerprint density at radius 3 is 2.27 bits per heavy atom. The van der Waals surface area contributed by atoms with Crippen LogP contribution in [0, 0.1) is 0 Å². The van der Waals surface area contributed by atoms with Crippen LogP contribution in [0.5, 0.6) is 0 Å². The lowest BCUT2D eigenvalue weighted by atomic mass is 10.1. The second-order valence-corrected chi connectivity index (χ2v) is 3.80. The van der Waals surface area contributed by atoms with E-state index in [-0.39, 0.29) is 5.48 Å². The zero-order chi connectivity index (χ0) is 9.80. The summed E-state index contributed by atoms with van der Waals surface area (Å²) >= 11 is 0. The van der Waals surface area contributed by atoms with Crippen molar-refractivity contribution in [3.05, 3.63) is 35.9 Å². The number of hydrogen-bond acceptors (Lipinski definition) is 2. The van der Waals surface area contributed by atoms with Gasteiger partial charge in [0, 0.05) is 32.5 Å². The molecule has 2 N–H and O–H groups in total. The summed E-state index contributed by atoms with van der Waals surface area (Å²) in [5, 5.41) is 0. The minimum atomic E-state index is 0. The molecular formula is C12H17NO2. The predicted molar refractivity (Wildman–Crippen MR) is 59.6 cm³/mol. The van der Waals surface area contributed by atoms with E-state index in [1.807, 2.05) is 6.07 Å². The number of rotatable bonds is 2. The van der Waals surface area contributed by atoms with Crippen LogP contribution in [0.4, 0.5) is 0 Å². The number of carbonyl (C=O) groups excluding carboxylic acids is 1. The van der Waals surface area contributed by atoms with Gasteiger partial charge in [-0.1, -0.05) is 30.3 Å². The Hall–Kier alpha value is -1.19. The summed E-state index contributed by atoms with van der Waals surface area (Å²) in [6.07, 6.45) is 1.46. The van der Waals surface area contributed by atoms with Crippen molar-refractivity contribution in [1.82, 2.24) is 4.90 Å². The van der Waals surface area contributed by atoms with Crippen LogP contribution >= 0.6 is 0 Å². The molecule has 1 fully saturated rings. The second-order valence-electron chi connectivity index (χ2n) is 3.80. The number of ketones is 1. The van der Waals surface area contributed by atoms with Crippen molar-refractivity contribution < 1.29 is 10.3 Å². The molecule has 2 rings (SSSR count). The first kappa shape index (κ1) is 11.9. The lowest BCUT2D eigenvalue weighted by molar-refractivity contribution is -0.121. The zero-order valence-electron chi connectivity index (χ0n) is 8.78. The predicted octanol–water partition coefficient (Wildman–Crippen LogP) is 1.03. The van der Waals surface area contributed by atoms with Gasteiger partial charge in [-0.05, 0) is 5.56 Å². The molecule has 1 aliphatic heterocycles. The number of piperidine rings is 1. The van der Waals surface area contributed by atoms with Gasteiger partial charge in [-0.3, -0.25) is 9.69 Å². The van der Waals surface area contributed by atoms with Crippen molar-refractivity contribution in [2.24, 2.45) is 0 Å². The maximum absolute atomic E-state index is 11.0. The Bertz CT molecular complexity index is 301. The molecule has 1 aromatic carbocycles. The summed E-state index contributed by atoms with van der Waals surface area (Å²) in [7, 11) is 0. The Labute approximate surface area is 90.0 Å². The first-order chi connectivity index (χ1) is 6.84. The Morgan fingerprint density at radius 2 is 1.67 bits per heavy atom. The smallest absolute Gasteiger partial charge is 0.135 e. The van der Waals surface area contributed by atoms with E-state index in [1.165, 1.54) is 5.56 Å². The highest BCUT2D eigenvalue weighted by Crippen LogP contribution is 2.10. The number of carbonyl (C=O) groups is 1. The number of hydrogen-bond donors (Lipinski definition) is 0. The van der Waals surface area contributed by atoms with E-state index in [4.69, 9.17) is 0 Å². The third kappa shape index (κ3) is 3.46. The summed E-state index contributed by atoms with van der Waals surface area (Å²) in [6, 6.07) is 10.4. The normalized spacial score (nSPS) is 17.2. The minimum Gasteiger partial charge on any atom is -0.412 e. The van der Waals surface area contributed by atoms with Gasteiger partial charge in [0.2, 0.25) is 0 Å². The fourth-order valence-corrected chi connectivity index (χ4v) is 1.80. The summed E-state index contributed by atoms with van der Waals surface area (Å²) < 4.78 is 0. The average molecular weight is 207 g/mol. The molecule has 0 saturated carbocycles. The molecule has 0 unspecified atom stereocenters. The highest BCUT2D eigenvalue weighted by atomic mass is 16.1. The van der Waals surface area contributed by atoms with Gasteiger partial charge in [0.05, 0.1) is 0 Å². The van der Waals surface area contributed by atoms with Gasteiger partial charge in [0.15, 0.2) is 0 Å². The van der Waals surface area contributed by atoms with Crippen molar-refractivity contribution in [3.8, 4) is 0 Å². The number of likely N-dealkylation sites (tertiary alicyclic amines) is 1. The molecule has 0 bridgehead atoms. The third-order valence-electron chi connectivity index (χ3n) is 2.66. The van der Waals surface area contributed by atoms with E-state index in [9.17, 15) is 4.79 Å². The quantitative estimate of drug-likeness (QED) is 0.727. The molecule has 15 heavy (non-hydrogen) atoms. The standard InChI is InChI=1S/C12H15NO.H2O/c14-12-6-8-13(9-7-12)10-11-4-2-1-3-5-11;/h1-5H,6-10H2;1H2. The van der Waals surface area contributed by atoms with E-state index in [0.717, 1.165) is 32.5 Å². The van der Waals surface area contributed by atoms with E-state index in [2.05, 4.69) is 29.2 Å². The van der Waals surface area contributed by atoms with Crippen LogP contribution in [-0.2, 0) is 11.3 Å². The van der Waals surface area contributed by atoms with Gasteiger partial charge < -0.3 is 5.48 Å². The SMILES string of the molecule is O.O=C1CCN(Cc2ccccc2)CC1. The molecule has 0 aromatic heterocycles. The van der Waals surface area contributed by atoms with Gasteiger partial charge >= 0.3 is 0 Å². The molecular weight excluding hydrogens is 190 g/mol. The highest BCUT2D eigenvalue weighted by molar-refractivity contribution is 5.79. The van der Waals surface area contributed by atoms with Crippen molar-refractivity contribution in [2.45, 2.75) is 19.4 Å². The van der Waals surface area contributed by atoms with Crippen molar-refractivity contribution in [2.75, 3.05) is 13.1 Å². The van der Waals surface area contributed by atoms with Crippen molar-refractivity contribution in [1.29, 1.82) is 0 Å². The number of nitrogens with zero attached hydrogens (tertiary/aromatic N) is 1. The molecule has 1 saturated heterocycles. The summed E-state index contributed by atoms with van der Waals surface area (Å²) in [4.78, 5) is 13.4. The summed E-state index contributed by atoms with van der Waals surface area (Å²) in [6.45, 7) is 2.83. The molecule has 0 atom stereocenters. The van der Waals surface area contributed by atoms with Gasteiger partial charge in [-0.2, -0.15) is 0 Å². The fraction of sp³-hybridized carbons (Fsp3) is 0.417. The third-order valence-corrected chi connectivity index (χ3v) is 2.66. The average Bonchev–Trinajstić information content (AvgIpc) is 2.23. The zero-order valence-corrected chi connectivity index (χ0v) is 8.78. The van der Waals surface area contributed by atoms with Crippen molar-refractivity contribution >= 4 is 5.78 Å². The van der Waals surface area contributed by atoms with Gasteiger partial charge in [-0.25, -0.2) is 0 Å². The Morgan fingerprint density at radius 1 is 1.07 bits per heavy atom. The maximum Gasteiger partial charge on any atom is 0.135 e. The Kier molecular flexibility index (Phi) is 4.46. The lowest BCUT2D eigenvalue weighted by Crippen LogP contribution is -2.33. The topological polar surface area (TPSA) is 51.8 Å². The van der Waals surface area contributed by atoms with Crippen molar-refractivity contribution in [3.63, 3.8) is 0 Å². The van der Waals surface area contributed by atoms with Gasteiger partial charge in [0.25, 0.3) is 0 Å². The number of benzene rings is 1. The molecule has 0 aliphatic carbocycles. The molecule has 0 radical (unpaired) electrons. The van der Waals surface area contributed by atoms with Gasteiger partial charge in [0.1, 0.15) is 5.78 Å². The molecule has 3 heteroatoms. The maximum atomic E-state index is 11.0. The van der Waals surface area contributed by atoms with Crippen LogP contribution in [0.15, 0.2) is 30.3 Å². The van der Waals surface area contributed by atoms with Crippen LogP contribution in [0.3, 0.4) is 0 Å². The molecule has 1 aromatic rings. The van der Waals surface area contributed by atoms with Crippen LogP contribution < -0.4 is 0 Å². The second kappa shape index (κ2) is 5.63. The van der Waals surface area contributed by atoms with Crippen LogP contribution in [0.25, 0.3) is 0 Å². The van der Waals surface area contributed by atoms with Crippen LogP contribution in [-0.4, -0.2) is 29.2 Å². The fourth-order valence-electron chi connectivity index (χ4n) is 1.80. The summed E-state index contributed by atoms with van der Waals surface area (Å²) in [5.41, 5.74) is 1.34. The largest absolute Gasteiger partial charge is 0.412 e. The monoisotopic (exact) mass is 207 g/mol. The first-order valence-corrected chi connectivity index (χ1v) is 5.12. The number of Topliss-reactive ketones (excluding diaryl/α,β-unsaturated/α-hetero) is 1. The van der Waals surface area contributed by atoms with E-state index >= 15 is 0 Å². The highest BCUT2D eigenvalue weighted by Gasteiger charge is 2.15. The van der Waals surface area contributed by atoms with Crippen LogP contribution in [0.2, 0.25) is 0 Å². The molecule has 0 spiro atoms. The van der Waals surface area contributed by atoms with Crippen LogP contribution in [0.1, 0.15) is 18.4 Å². The molecule has 0 amide bonds.